The van der Waals surface area contributed by atoms with E-state index in [-0.39, 0.29) is 18.3 Å². The molecule has 7 heteroatoms. The van der Waals surface area contributed by atoms with E-state index in [2.05, 4.69) is 0 Å². The Labute approximate surface area is 108 Å². The van der Waals surface area contributed by atoms with Crippen molar-refractivity contribution in [3.05, 3.63) is 39.7 Å². The fourth-order valence-electron chi connectivity index (χ4n) is 1.85. The monoisotopic (exact) mass is 269 g/mol. The first-order chi connectivity index (χ1) is 9.08. The van der Waals surface area contributed by atoms with Crippen LogP contribution in [0.1, 0.15) is 23.2 Å². The first-order valence-corrected chi connectivity index (χ1v) is 5.80. The number of rotatable bonds is 4. The molecule has 0 saturated carbocycles. The summed E-state index contributed by atoms with van der Waals surface area (Å²) in [5.41, 5.74) is -0.860. The van der Waals surface area contributed by atoms with Crippen LogP contribution in [0.4, 0.5) is 10.1 Å². The van der Waals surface area contributed by atoms with Crippen LogP contribution in [0.3, 0.4) is 0 Å². The van der Waals surface area contributed by atoms with Gasteiger partial charge in [0.15, 0.2) is 0 Å². The van der Waals surface area contributed by atoms with Gasteiger partial charge in [-0.25, -0.2) is 9.18 Å². The Bertz CT molecular complexity index is 499. The van der Waals surface area contributed by atoms with Crippen LogP contribution in [0.5, 0.6) is 0 Å². The zero-order valence-electron chi connectivity index (χ0n) is 10.0. The van der Waals surface area contributed by atoms with Crippen LogP contribution < -0.4 is 0 Å². The number of hydrogen-bond donors (Lipinski definition) is 0. The SMILES string of the molecule is O=C(OCC1CCCO1)c1cc(F)ccc1[N+](=O)[O-]. The van der Waals surface area contributed by atoms with Gasteiger partial charge in [0.1, 0.15) is 18.0 Å². The fourth-order valence-corrected chi connectivity index (χ4v) is 1.85. The predicted octanol–water partition coefficient (Wildman–Crippen LogP) is 2.07. The molecule has 1 aliphatic heterocycles. The fraction of sp³-hybridized carbons (Fsp3) is 0.417. The van der Waals surface area contributed by atoms with E-state index in [9.17, 15) is 19.3 Å². The number of hydrogen-bond acceptors (Lipinski definition) is 5. The zero-order chi connectivity index (χ0) is 13.8. The van der Waals surface area contributed by atoms with E-state index < -0.39 is 22.4 Å². The maximum absolute atomic E-state index is 13.1. The molecule has 0 aromatic heterocycles. The molecule has 102 valence electrons. The minimum absolute atomic E-state index is 0.0203. The second-order valence-electron chi connectivity index (χ2n) is 4.15. The van der Waals surface area contributed by atoms with Gasteiger partial charge in [-0.05, 0) is 25.0 Å². The highest BCUT2D eigenvalue weighted by atomic mass is 19.1. The summed E-state index contributed by atoms with van der Waals surface area (Å²) in [4.78, 5) is 21.7. The van der Waals surface area contributed by atoms with Crippen molar-refractivity contribution in [2.24, 2.45) is 0 Å². The molecule has 0 radical (unpaired) electrons. The van der Waals surface area contributed by atoms with Crippen molar-refractivity contribution in [2.45, 2.75) is 18.9 Å². The van der Waals surface area contributed by atoms with Crippen molar-refractivity contribution in [3.8, 4) is 0 Å². The van der Waals surface area contributed by atoms with Crippen LogP contribution in [-0.2, 0) is 9.47 Å². The van der Waals surface area contributed by atoms with E-state index in [0.29, 0.717) is 6.61 Å². The minimum Gasteiger partial charge on any atom is -0.459 e. The molecule has 0 aliphatic carbocycles. The summed E-state index contributed by atoms with van der Waals surface area (Å²) in [6.07, 6.45) is 1.48. The van der Waals surface area contributed by atoms with E-state index in [4.69, 9.17) is 9.47 Å². The minimum atomic E-state index is -0.915. The van der Waals surface area contributed by atoms with E-state index in [1.54, 1.807) is 0 Å². The molecule has 1 heterocycles. The second kappa shape index (κ2) is 5.75. The Balaban J connectivity index is 2.08. The molecule has 2 rings (SSSR count). The van der Waals surface area contributed by atoms with E-state index in [1.165, 1.54) is 0 Å². The van der Waals surface area contributed by atoms with Gasteiger partial charge < -0.3 is 9.47 Å². The Morgan fingerprint density at radius 3 is 3.00 bits per heavy atom. The Hall–Kier alpha value is -2.02. The molecule has 0 spiro atoms. The normalized spacial score (nSPS) is 18.3. The number of ether oxygens (including phenoxy) is 2. The van der Waals surface area contributed by atoms with Crippen molar-refractivity contribution in [1.82, 2.24) is 0 Å². The molecule has 1 saturated heterocycles. The summed E-state index contributed by atoms with van der Waals surface area (Å²) in [5.74, 6) is -1.64. The van der Waals surface area contributed by atoms with Gasteiger partial charge in [-0.3, -0.25) is 10.1 Å². The average molecular weight is 269 g/mol. The summed E-state index contributed by atoms with van der Waals surface area (Å²) < 4.78 is 23.2. The highest BCUT2D eigenvalue weighted by Gasteiger charge is 2.24. The van der Waals surface area contributed by atoms with Gasteiger partial charge in [0, 0.05) is 12.7 Å². The summed E-state index contributed by atoms with van der Waals surface area (Å²) in [5, 5.41) is 10.7. The average Bonchev–Trinajstić information content (AvgIpc) is 2.88. The molecular weight excluding hydrogens is 257 g/mol. The molecule has 0 amide bonds. The highest BCUT2D eigenvalue weighted by Crippen LogP contribution is 2.21. The third kappa shape index (κ3) is 3.25. The third-order valence-corrected chi connectivity index (χ3v) is 2.80. The lowest BCUT2D eigenvalue weighted by atomic mass is 10.2. The van der Waals surface area contributed by atoms with Gasteiger partial charge in [-0.15, -0.1) is 0 Å². The molecule has 19 heavy (non-hydrogen) atoms. The second-order valence-corrected chi connectivity index (χ2v) is 4.15. The zero-order valence-corrected chi connectivity index (χ0v) is 10.0. The lowest BCUT2D eigenvalue weighted by molar-refractivity contribution is -0.385. The molecule has 0 bridgehead atoms. The van der Waals surface area contributed by atoms with Gasteiger partial charge in [0.25, 0.3) is 5.69 Å². The van der Waals surface area contributed by atoms with Crippen LogP contribution in [-0.4, -0.2) is 30.2 Å². The summed E-state index contributed by atoms with van der Waals surface area (Å²) in [6, 6.07) is 2.67. The molecule has 6 nitrogen and oxygen atoms in total. The number of carbonyl (C=O) groups excluding carboxylic acids is 1. The largest absolute Gasteiger partial charge is 0.459 e. The molecule has 0 N–H and O–H groups in total. The lowest BCUT2D eigenvalue weighted by Gasteiger charge is -2.10. The first kappa shape index (κ1) is 13.4. The van der Waals surface area contributed by atoms with Gasteiger partial charge in [-0.2, -0.15) is 0 Å². The predicted molar refractivity (Wildman–Crippen MR) is 62.3 cm³/mol. The smallest absolute Gasteiger partial charge is 0.345 e. The van der Waals surface area contributed by atoms with Gasteiger partial charge in [-0.1, -0.05) is 0 Å². The van der Waals surface area contributed by atoms with E-state index in [0.717, 1.165) is 31.0 Å². The molecular formula is C12H12FNO5. The van der Waals surface area contributed by atoms with Crippen LogP contribution in [0, 0.1) is 15.9 Å². The van der Waals surface area contributed by atoms with Crippen molar-refractivity contribution in [3.63, 3.8) is 0 Å². The molecule has 1 aliphatic rings. The molecule has 1 aromatic rings. The maximum Gasteiger partial charge on any atom is 0.345 e. The number of nitro benzene ring substituents is 1. The lowest BCUT2D eigenvalue weighted by Crippen LogP contribution is -2.18. The standard InChI is InChI=1S/C12H12FNO5/c13-8-3-4-11(14(16)17)10(6-8)12(15)19-7-9-2-1-5-18-9/h3-4,6,9H,1-2,5,7H2. The number of nitrogens with zero attached hydrogens (tertiary/aromatic N) is 1. The van der Waals surface area contributed by atoms with Crippen molar-refractivity contribution in [2.75, 3.05) is 13.2 Å². The van der Waals surface area contributed by atoms with Crippen LogP contribution in [0.15, 0.2) is 18.2 Å². The quantitative estimate of drug-likeness (QED) is 0.475. The Kier molecular flexibility index (Phi) is 4.06. The molecule has 1 aromatic carbocycles. The van der Waals surface area contributed by atoms with Crippen molar-refractivity contribution in [1.29, 1.82) is 0 Å². The van der Waals surface area contributed by atoms with Crippen LogP contribution in [0.2, 0.25) is 0 Å². The number of carbonyl (C=O) groups is 1. The van der Waals surface area contributed by atoms with E-state index >= 15 is 0 Å². The Morgan fingerprint density at radius 1 is 1.58 bits per heavy atom. The molecule has 1 atom stereocenters. The van der Waals surface area contributed by atoms with Gasteiger partial charge >= 0.3 is 5.97 Å². The summed E-state index contributed by atoms with van der Waals surface area (Å²) >= 11 is 0. The van der Waals surface area contributed by atoms with E-state index in [1.807, 2.05) is 0 Å². The number of halogens is 1. The summed E-state index contributed by atoms with van der Waals surface area (Å²) in [6.45, 7) is 0.634. The van der Waals surface area contributed by atoms with Crippen molar-refractivity contribution >= 4 is 11.7 Å². The van der Waals surface area contributed by atoms with Crippen LogP contribution >= 0.6 is 0 Å². The Morgan fingerprint density at radius 2 is 2.37 bits per heavy atom. The highest BCUT2D eigenvalue weighted by molar-refractivity contribution is 5.93. The maximum atomic E-state index is 13.1. The number of nitro groups is 1. The first-order valence-electron chi connectivity index (χ1n) is 5.80. The van der Waals surface area contributed by atoms with Gasteiger partial charge in [0.2, 0.25) is 0 Å². The number of benzene rings is 1. The van der Waals surface area contributed by atoms with Gasteiger partial charge in [0.05, 0.1) is 11.0 Å². The molecule has 1 fully saturated rings. The molecule has 1 unspecified atom stereocenters. The van der Waals surface area contributed by atoms with Crippen LogP contribution in [0.25, 0.3) is 0 Å². The summed E-state index contributed by atoms with van der Waals surface area (Å²) in [7, 11) is 0. The topological polar surface area (TPSA) is 78.7 Å². The third-order valence-electron chi connectivity index (χ3n) is 2.80. The number of esters is 1. The van der Waals surface area contributed by atoms with Crippen molar-refractivity contribution < 1.29 is 23.6 Å².